The van der Waals surface area contributed by atoms with Gasteiger partial charge in [-0.2, -0.15) is 0 Å². The quantitative estimate of drug-likeness (QED) is 0.739. The Balaban J connectivity index is 1.61. The van der Waals surface area contributed by atoms with E-state index in [4.69, 9.17) is 0 Å². The van der Waals surface area contributed by atoms with Gasteiger partial charge in [-0.3, -0.25) is 0 Å². The van der Waals surface area contributed by atoms with Crippen LogP contribution in [0.2, 0.25) is 0 Å². The maximum atomic E-state index is 3.75. The lowest BCUT2D eigenvalue weighted by Gasteiger charge is -2.38. The fourth-order valence-corrected chi connectivity index (χ4v) is 4.33. The number of anilines is 1. The van der Waals surface area contributed by atoms with Gasteiger partial charge in [0.1, 0.15) is 0 Å². The van der Waals surface area contributed by atoms with Crippen molar-refractivity contribution in [3.8, 4) is 0 Å². The van der Waals surface area contributed by atoms with E-state index < -0.39 is 0 Å². The zero-order valence-electron chi connectivity index (χ0n) is 11.8. The largest absolute Gasteiger partial charge is 0.381 e. The number of hydrogen-bond acceptors (Lipinski definition) is 1. The molecule has 0 atom stereocenters. The second-order valence-corrected chi connectivity index (χ2v) is 7.46. The first kappa shape index (κ1) is 13.5. The van der Waals surface area contributed by atoms with Gasteiger partial charge in [0.25, 0.3) is 0 Å². The molecule has 104 valence electrons. The summed E-state index contributed by atoms with van der Waals surface area (Å²) in [5.74, 6) is 0. The van der Waals surface area contributed by atoms with E-state index in [0.29, 0.717) is 6.04 Å². The van der Waals surface area contributed by atoms with Crippen LogP contribution in [0.4, 0.5) is 5.69 Å². The lowest BCUT2D eigenvalue weighted by molar-refractivity contribution is 0.188. The number of halogens is 1. The third kappa shape index (κ3) is 2.99. The maximum absolute atomic E-state index is 3.75. The Bertz CT molecular complexity index is 439. The topological polar surface area (TPSA) is 12.0 Å². The Labute approximate surface area is 125 Å². The molecule has 2 aliphatic rings. The Morgan fingerprint density at radius 3 is 2.47 bits per heavy atom. The van der Waals surface area contributed by atoms with Gasteiger partial charge in [0, 0.05) is 16.2 Å². The van der Waals surface area contributed by atoms with E-state index in [1.54, 1.807) is 0 Å². The highest BCUT2D eigenvalue weighted by molar-refractivity contribution is 9.10. The molecule has 1 N–H and O–H groups in total. The minimum atomic E-state index is 0.671. The molecule has 1 nitrogen and oxygen atoms in total. The van der Waals surface area contributed by atoms with Gasteiger partial charge in [-0.05, 0) is 84.5 Å². The van der Waals surface area contributed by atoms with E-state index in [-0.39, 0.29) is 0 Å². The lowest BCUT2D eigenvalue weighted by Crippen LogP contribution is -2.31. The average molecular weight is 322 g/mol. The molecule has 0 bridgehead atoms. The average Bonchev–Trinajstić information content (AvgIpc) is 2.85. The SMILES string of the molecule is Cc1ccc(Br)c(NC2CCC3(CCCC3)CC2)c1. The van der Waals surface area contributed by atoms with Crippen molar-refractivity contribution in [2.45, 2.75) is 64.3 Å². The summed E-state index contributed by atoms with van der Waals surface area (Å²) < 4.78 is 1.19. The molecule has 1 aromatic rings. The van der Waals surface area contributed by atoms with Crippen molar-refractivity contribution in [3.05, 3.63) is 28.2 Å². The number of rotatable bonds is 2. The summed E-state index contributed by atoms with van der Waals surface area (Å²) in [5.41, 5.74) is 3.34. The first-order chi connectivity index (χ1) is 9.17. The van der Waals surface area contributed by atoms with Crippen molar-refractivity contribution in [1.29, 1.82) is 0 Å². The highest BCUT2D eigenvalue weighted by Crippen LogP contribution is 2.49. The zero-order valence-corrected chi connectivity index (χ0v) is 13.4. The molecular weight excluding hydrogens is 298 g/mol. The van der Waals surface area contributed by atoms with Crippen LogP contribution in [0.15, 0.2) is 22.7 Å². The van der Waals surface area contributed by atoms with Gasteiger partial charge in [0.05, 0.1) is 0 Å². The molecule has 1 spiro atoms. The number of benzene rings is 1. The molecule has 0 saturated heterocycles. The smallest absolute Gasteiger partial charge is 0.0489 e. The number of nitrogens with one attached hydrogen (secondary N) is 1. The molecular formula is C17H24BrN. The molecule has 0 heterocycles. The summed E-state index contributed by atoms with van der Waals surface area (Å²) in [6, 6.07) is 7.23. The van der Waals surface area contributed by atoms with E-state index in [1.807, 2.05) is 0 Å². The van der Waals surface area contributed by atoms with Gasteiger partial charge < -0.3 is 5.32 Å². The minimum Gasteiger partial charge on any atom is -0.381 e. The van der Waals surface area contributed by atoms with Crippen molar-refractivity contribution in [3.63, 3.8) is 0 Å². The fraction of sp³-hybridized carbons (Fsp3) is 0.647. The lowest BCUT2D eigenvalue weighted by atomic mass is 9.71. The molecule has 0 radical (unpaired) electrons. The normalized spacial score (nSPS) is 22.8. The molecule has 2 fully saturated rings. The van der Waals surface area contributed by atoms with Gasteiger partial charge in [-0.1, -0.05) is 18.9 Å². The molecule has 0 aromatic heterocycles. The van der Waals surface area contributed by atoms with E-state index in [1.165, 1.54) is 67.1 Å². The highest BCUT2D eigenvalue weighted by Gasteiger charge is 2.37. The van der Waals surface area contributed by atoms with Crippen LogP contribution in [0.1, 0.15) is 56.9 Å². The van der Waals surface area contributed by atoms with Crippen LogP contribution in [0.5, 0.6) is 0 Å². The molecule has 2 heteroatoms. The predicted octanol–water partition coefficient (Wildman–Crippen LogP) is 5.67. The predicted molar refractivity (Wildman–Crippen MR) is 85.7 cm³/mol. The molecule has 0 aliphatic heterocycles. The van der Waals surface area contributed by atoms with E-state index >= 15 is 0 Å². The summed E-state index contributed by atoms with van der Waals surface area (Å²) >= 11 is 3.65. The summed E-state index contributed by atoms with van der Waals surface area (Å²) in [4.78, 5) is 0. The van der Waals surface area contributed by atoms with Gasteiger partial charge in [0.2, 0.25) is 0 Å². The molecule has 0 unspecified atom stereocenters. The zero-order chi connectivity index (χ0) is 13.3. The van der Waals surface area contributed by atoms with Gasteiger partial charge in [-0.15, -0.1) is 0 Å². The second-order valence-electron chi connectivity index (χ2n) is 6.61. The van der Waals surface area contributed by atoms with Crippen molar-refractivity contribution >= 4 is 21.6 Å². The minimum absolute atomic E-state index is 0.671. The highest BCUT2D eigenvalue weighted by atomic mass is 79.9. The van der Waals surface area contributed by atoms with Crippen LogP contribution in [0.25, 0.3) is 0 Å². The van der Waals surface area contributed by atoms with E-state index in [0.717, 1.165) is 5.41 Å². The number of aryl methyl sites for hydroxylation is 1. The van der Waals surface area contributed by atoms with Gasteiger partial charge in [0.15, 0.2) is 0 Å². The van der Waals surface area contributed by atoms with Crippen LogP contribution in [0.3, 0.4) is 0 Å². The molecule has 2 saturated carbocycles. The standard InChI is InChI=1S/C17H24BrN/c1-13-4-5-15(18)16(12-13)19-14-6-10-17(11-7-14)8-2-3-9-17/h4-5,12,14,19H,2-3,6-11H2,1H3. The number of hydrogen-bond donors (Lipinski definition) is 1. The summed E-state index contributed by atoms with van der Waals surface area (Å²) in [5, 5.41) is 3.75. The first-order valence-corrected chi connectivity index (χ1v) is 8.49. The van der Waals surface area contributed by atoms with Crippen LogP contribution < -0.4 is 5.32 Å². The Morgan fingerprint density at radius 1 is 1.11 bits per heavy atom. The van der Waals surface area contributed by atoms with E-state index in [2.05, 4.69) is 46.4 Å². The van der Waals surface area contributed by atoms with Crippen molar-refractivity contribution in [1.82, 2.24) is 0 Å². The Hall–Kier alpha value is -0.500. The molecule has 1 aromatic carbocycles. The fourth-order valence-electron chi connectivity index (χ4n) is 3.97. The molecule has 19 heavy (non-hydrogen) atoms. The molecule has 2 aliphatic carbocycles. The van der Waals surface area contributed by atoms with Gasteiger partial charge in [-0.25, -0.2) is 0 Å². The summed E-state index contributed by atoms with van der Waals surface area (Å²) in [6.07, 6.45) is 11.5. The van der Waals surface area contributed by atoms with Crippen molar-refractivity contribution < 1.29 is 0 Å². The third-order valence-corrected chi connectivity index (χ3v) is 5.88. The summed E-state index contributed by atoms with van der Waals surface area (Å²) in [6.45, 7) is 2.16. The van der Waals surface area contributed by atoms with E-state index in [9.17, 15) is 0 Å². The van der Waals surface area contributed by atoms with Crippen LogP contribution >= 0.6 is 15.9 Å². The Morgan fingerprint density at radius 2 is 1.79 bits per heavy atom. The molecule has 0 amide bonds. The van der Waals surface area contributed by atoms with Crippen LogP contribution in [0, 0.1) is 12.3 Å². The first-order valence-electron chi connectivity index (χ1n) is 7.70. The van der Waals surface area contributed by atoms with Gasteiger partial charge >= 0.3 is 0 Å². The monoisotopic (exact) mass is 321 g/mol. The van der Waals surface area contributed by atoms with Crippen LogP contribution in [-0.4, -0.2) is 6.04 Å². The second kappa shape index (κ2) is 5.47. The Kier molecular flexibility index (Phi) is 3.88. The summed E-state index contributed by atoms with van der Waals surface area (Å²) in [7, 11) is 0. The van der Waals surface area contributed by atoms with Crippen molar-refractivity contribution in [2.24, 2.45) is 5.41 Å². The third-order valence-electron chi connectivity index (χ3n) is 5.19. The maximum Gasteiger partial charge on any atom is 0.0489 e. The van der Waals surface area contributed by atoms with Crippen LogP contribution in [-0.2, 0) is 0 Å². The molecule has 3 rings (SSSR count). The van der Waals surface area contributed by atoms with Crippen molar-refractivity contribution in [2.75, 3.05) is 5.32 Å².